The predicted octanol–water partition coefficient (Wildman–Crippen LogP) is 5.86. The Kier molecular flexibility index (Phi) is 7.79. The molecule has 0 bridgehead atoms. The number of primary amides is 1. The minimum atomic E-state index is -1.12. The summed E-state index contributed by atoms with van der Waals surface area (Å²) in [5, 5.41) is 5.58. The number of aryl methyl sites for hydroxylation is 1. The zero-order valence-electron chi connectivity index (χ0n) is 25.6. The molecule has 2 aliphatic rings. The molecule has 2 N–H and O–H groups in total. The molecule has 230 valence electrons. The van der Waals surface area contributed by atoms with Crippen molar-refractivity contribution in [3.8, 4) is 22.4 Å². The van der Waals surface area contributed by atoms with E-state index in [1.165, 1.54) is 5.56 Å². The van der Waals surface area contributed by atoms with Gasteiger partial charge in [0.05, 0.1) is 17.3 Å². The summed E-state index contributed by atoms with van der Waals surface area (Å²) < 4.78 is 7.65. The molecule has 9 nitrogen and oxygen atoms in total. The first-order valence-electron chi connectivity index (χ1n) is 15.9. The van der Waals surface area contributed by atoms with E-state index in [-0.39, 0.29) is 11.9 Å². The van der Waals surface area contributed by atoms with Gasteiger partial charge in [-0.3, -0.25) is 14.5 Å². The van der Waals surface area contributed by atoms with Gasteiger partial charge in [-0.05, 0) is 75.7 Å². The number of nitrogens with zero attached hydrogens (tertiary/aromatic N) is 5. The molecular weight excluding hydrogens is 564 g/mol. The van der Waals surface area contributed by atoms with Crippen LogP contribution in [-0.4, -0.2) is 55.0 Å². The van der Waals surface area contributed by atoms with Crippen LogP contribution in [0.25, 0.3) is 39.1 Å². The van der Waals surface area contributed by atoms with Gasteiger partial charge in [0.15, 0.2) is 16.9 Å². The fourth-order valence-electron chi connectivity index (χ4n) is 6.86. The standard InChI is InChI=1S/C36H38N6O3/c1-24-20-31-38-22-29-21-30(26-8-4-2-5-9-26)32(39-33(29)42(31)40-24)27-12-10-25(11-13-27)23-41-18-14-28(15-19-41)34(43)45-36(35(37)44)16-6-3-7-17-36/h2,4-5,8-13,20-22,28H,3,6-7,14-19,23H2,1H3,(H2,37,44). The molecule has 0 atom stereocenters. The predicted molar refractivity (Wildman–Crippen MR) is 173 cm³/mol. The Bertz CT molecular complexity index is 1850. The number of hydrogen-bond donors (Lipinski definition) is 1. The number of piperidine rings is 1. The molecule has 2 aromatic carbocycles. The molecule has 45 heavy (non-hydrogen) atoms. The number of ether oxygens (including phenoxy) is 1. The van der Waals surface area contributed by atoms with Crippen molar-refractivity contribution < 1.29 is 14.3 Å². The molecule has 0 spiro atoms. The highest BCUT2D eigenvalue weighted by Gasteiger charge is 2.43. The molecule has 1 aliphatic carbocycles. The third-order valence-electron chi connectivity index (χ3n) is 9.43. The number of nitrogens with two attached hydrogens (primary N) is 1. The second-order valence-electron chi connectivity index (χ2n) is 12.6. The third kappa shape index (κ3) is 5.80. The largest absolute Gasteiger partial charge is 0.449 e. The first-order valence-corrected chi connectivity index (χ1v) is 15.9. The fraction of sp³-hybridized carbons (Fsp3) is 0.361. The van der Waals surface area contributed by atoms with Crippen LogP contribution in [0, 0.1) is 12.8 Å². The average molecular weight is 603 g/mol. The third-order valence-corrected chi connectivity index (χ3v) is 9.43. The van der Waals surface area contributed by atoms with Crippen LogP contribution in [0.4, 0.5) is 0 Å². The van der Waals surface area contributed by atoms with Crippen molar-refractivity contribution in [2.75, 3.05) is 13.1 Å². The number of likely N-dealkylation sites (tertiary alicyclic amines) is 1. The molecule has 2 fully saturated rings. The van der Waals surface area contributed by atoms with Crippen molar-refractivity contribution in [3.05, 3.63) is 84.2 Å². The number of fused-ring (bicyclic) bond motifs is 3. The molecular formula is C36H38N6O3. The maximum absolute atomic E-state index is 13.0. The molecule has 7 rings (SSSR count). The van der Waals surface area contributed by atoms with Gasteiger partial charge >= 0.3 is 5.97 Å². The topological polar surface area (TPSA) is 116 Å². The van der Waals surface area contributed by atoms with Gasteiger partial charge in [-0.2, -0.15) is 9.61 Å². The number of aromatic nitrogens is 4. The number of amides is 1. The Balaban J connectivity index is 1.07. The van der Waals surface area contributed by atoms with E-state index in [2.05, 4.69) is 57.4 Å². The normalized spacial score (nSPS) is 17.4. The lowest BCUT2D eigenvalue weighted by atomic mass is 9.83. The number of benzene rings is 2. The maximum atomic E-state index is 13.0. The van der Waals surface area contributed by atoms with Gasteiger partial charge in [-0.1, -0.05) is 61.0 Å². The van der Waals surface area contributed by atoms with Gasteiger partial charge in [-0.15, -0.1) is 0 Å². The van der Waals surface area contributed by atoms with Crippen LogP contribution in [0.2, 0.25) is 0 Å². The molecule has 0 radical (unpaired) electrons. The summed E-state index contributed by atoms with van der Waals surface area (Å²) in [4.78, 5) is 37.4. The smallest absolute Gasteiger partial charge is 0.310 e. The minimum Gasteiger partial charge on any atom is -0.449 e. The van der Waals surface area contributed by atoms with Crippen molar-refractivity contribution in [2.45, 2.75) is 64.0 Å². The minimum absolute atomic E-state index is 0.197. The summed E-state index contributed by atoms with van der Waals surface area (Å²) >= 11 is 0. The summed E-state index contributed by atoms with van der Waals surface area (Å²) in [5.74, 6) is -0.972. The quantitative estimate of drug-likeness (QED) is 0.232. The Morgan fingerprint density at radius 2 is 1.69 bits per heavy atom. The summed E-state index contributed by atoms with van der Waals surface area (Å²) in [7, 11) is 0. The van der Waals surface area contributed by atoms with Crippen molar-refractivity contribution in [1.82, 2.24) is 24.5 Å². The number of esters is 1. The molecule has 9 heteroatoms. The van der Waals surface area contributed by atoms with Crippen molar-refractivity contribution in [2.24, 2.45) is 11.7 Å². The number of hydrogen-bond acceptors (Lipinski definition) is 7. The van der Waals surface area contributed by atoms with Crippen molar-refractivity contribution >= 4 is 28.6 Å². The van der Waals surface area contributed by atoms with E-state index in [0.717, 1.165) is 83.7 Å². The van der Waals surface area contributed by atoms with E-state index >= 15 is 0 Å². The Hall–Kier alpha value is -4.63. The zero-order chi connectivity index (χ0) is 31.0. The second-order valence-corrected chi connectivity index (χ2v) is 12.6. The van der Waals surface area contributed by atoms with Gasteiger partial charge in [-0.25, -0.2) is 9.97 Å². The summed E-state index contributed by atoms with van der Waals surface area (Å²) in [6, 6.07) is 23.0. The lowest BCUT2D eigenvalue weighted by Crippen LogP contribution is -2.50. The first-order chi connectivity index (χ1) is 21.9. The average Bonchev–Trinajstić information content (AvgIpc) is 3.46. The molecule has 1 aliphatic heterocycles. The van der Waals surface area contributed by atoms with E-state index in [9.17, 15) is 9.59 Å². The second kappa shape index (κ2) is 12.0. The Labute approximate surface area is 262 Å². The van der Waals surface area contributed by atoms with Crippen LogP contribution in [0.15, 0.2) is 72.9 Å². The monoisotopic (exact) mass is 602 g/mol. The van der Waals surface area contributed by atoms with Crippen LogP contribution in [0.3, 0.4) is 0 Å². The SMILES string of the molecule is Cc1cc2ncc3cc(-c4ccccc4)c(-c4ccc(CN5CCC(C(=O)OC6(C(N)=O)CCCCC6)CC5)cc4)nc3n2n1. The van der Waals surface area contributed by atoms with E-state index in [4.69, 9.17) is 15.5 Å². The van der Waals surface area contributed by atoms with Gasteiger partial charge in [0, 0.05) is 35.3 Å². The zero-order valence-corrected chi connectivity index (χ0v) is 25.6. The lowest BCUT2D eigenvalue weighted by molar-refractivity contribution is -0.176. The number of pyridine rings is 1. The molecule has 3 aromatic heterocycles. The summed E-state index contributed by atoms with van der Waals surface area (Å²) in [5.41, 5.74) is 12.3. The van der Waals surface area contributed by atoms with Gasteiger partial charge in [0.25, 0.3) is 5.91 Å². The lowest BCUT2D eigenvalue weighted by Gasteiger charge is -2.36. The summed E-state index contributed by atoms with van der Waals surface area (Å²) in [6.07, 6.45) is 7.14. The Morgan fingerprint density at radius 3 is 2.40 bits per heavy atom. The van der Waals surface area contributed by atoms with Gasteiger partial charge in [0.2, 0.25) is 0 Å². The van der Waals surface area contributed by atoms with E-state index in [0.29, 0.717) is 25.7 Å². The first kappa shape index (κ1) is 29.1. The van der Waals surface area contributed by atoms with Crippen LogP contribution < -0.4 is 5.73 Å². The van der Waals surface area contributed by atoms with E-state index < -0.39 is 11.5 Å². The summed E-state index contributed by atoms with van der Waals surface area (Å²) in [6.45, 7) is 4.34. The number of carbonyl (C=O) groups is 2. The highest BCUT2D eigenvalue weighted by molar-refractivity contribution is 5.91. The van der Waals surface area contributed by atoms with Crippen LogP contribution in [0.5, 0.6) is 0 Å². The molecule has 4 heterocycles. The molecule has 1 saturated carbocycles. The Morgan fingerprint density at radius 1 is 0.956 bits per heavy atom. The molecule has 5 aromatic rings. The highest BCUT2D eigenvalue weighted by atomic mass is 16.6. The van der Waals surface area contributed by atoms with Crippen LogP contribution >= 0.6 is 0 Å². The highest BCUT2D eigenvalue weighted by Crippen LogP contribution is 2.35. The molecule has 1 saturated heterocycles. The maximum Gasteiger partial charge on any atom is 0.310 e. The fourth-order valence-corrected chi connectivity index (χ4v) is 6.86. The van der Waals surface area contributed by atoms with E-state index in [1.807, 2.05) is 41.9 Å². The van der Waals surface area contributed by atoms with Crippen LogP contribution in [0.1, 0.15) is 56.2 Å². The van der Waals surface area contributed by atoms with Crippen molar-refractivity contribution in [1.29, 1.82) is 0 Å². The van der Waals surface area contributed by atoms with Gasteiger partial charge < -0.3 is 10.5 Å². The number of rotatable bonds is 7. The van der Waals surface area contributed by atoms with Gasteiger partial charge in [0.1, 0.15) is 0 Å². The van der Waals surface area contributed by atoms with E-state index in [1.54, 1.807) is 0 Å². The van der Waals surface area contributed by atoms with Crippen molar-refractivity contribution in [3.63, 3.8) is 0 Å². The molecule has 1 amide bonds. The number of carbonyl (C=O) groups excluding carboxylic acids is 2. The van der Waals surface area contributed by atoms with Crippen LogP contribution in [-0.2, 0) is 20.9 Å². The molecule has 0 unspecified atom stereocenters.